The second-order valence-electron chi connectivity index (χ2n) is 7.79. The van der Waals surface area contributed by atoms with Crippen LogP contribution in [0.25, 0.3) is 0 Å². The maximum Gasteiger partial charge on any atom is 0.161 e. The molecule has 0 aromatic heterocycles. The summed E-state index contributed by atoms with van der Waals surface area (Å²) in [7, 11) is 0. The van der Waals surface area contributed by atoms with E-state index in [0.29, 0.717) is 35.9 Å². The lowest BCUT2D eigenvalue weighted by molar-refractivity contribution is -0.129. The number of hydrogen-bond acceptors (Lipinski definition) is 3. The smallest absolute Gasteiger partial charge is 0.161 e. The summed E-state index contributed by atoms with van der Waals surface area (Å²) in [5.74, 6) is 3.07. The van der Waals surface area contributed by atoms with Gasteiger partial charge in [0.2, 0.25) is 0 Å². The van der Waals surface area contributed by atoms with Crippen molar-refractivity contribution in [3.8, 4) is 11.5 Å². The summed E-state index contributed by atoms with van der Waals surface area (Å²) in [6.45, 7) is 4.72. The number of aromatic hydroxyl groups is 1. The van der Waals surface area contributed by atoms with Crippen LogP contribution in [0.1, 0.15) is 63.0 Å². The van der Waals surface area contributed by atoms with Crippen LogP contribution in [0.4, 0.5) is 0 Å². The Balaban J connectivity index is 1.71. The van der Waals surface area contributed by atoms with Crippen LogP contribution in [0, 0.1) is 17.3 Å². The van der Waals surface area contributed by atoms with Gasteiger partial charge in [0.15, 0.2) is 11.5 Å². The average molecular weight is 314 g/mol. The van der Waals surface area contributed by atoms with Crippen LogP contribution < -0.4 is 4.74 Å². The minimum Gasteiger partial charge on any atom is -0.504 e. The molecule has 1 aromatic carbocycles. The van der Waals surface area contributed by atoms with Gasteiger partial charge in [-0.2, -0.15) is 0 Å². The van der Waals surface area contributed by atoms with Crippen molar-refractivity contribution in [3.05, 3.63) is 23.3 Å². The van der Waals surface area contributed by atoms with Crippen LogP contribution in [-0.2, 0) is 11.2 Å². The Kier molecular flexibility index (Phi) is 3.44. The zero-order chi connectivity index (χ0) is 16.2. The number of hydrogen-bond donors (Lipinski definition) is 1. The first-order chi connectivity index (χ1) is 11.0. The highest BCUT2D eigenvalue weighted by Crippen LogP contribution is 2.60. The predicted octanol–water partition coefficient (Wildman–Crippen LogP) is 4.22. The predicted molar refractivity (Wildman–Crippen MR) is 88.9 cm³/mol. The van der Waals surface area contributed by atoms with Gasteiger partial charge in [-0.15, -0.1) is 0 Å². The molecule has 1 aromatic rings. The SMILES string of the molecule is CCOc1cc2c(cc1O)CC[C@@H]1[C@@H]2CC[C@]2(C)C(=O)CC[C@@H]12. The second-order valence-corrected chi connectivity index (χ2v) is 7.79. The summed E-state index contributed by atoms with van der Waals surface area (Å²) in [6.07, 6.45) is 6.11. The second kappa shape index (κ2) is 5.25. The van der Waals surface area contributed by atoms with Gasteiger partial charge in [0.1, 0.15) is 5.78 Å². The van der Waals surface area contributed by atoms with Gasteiger partial charge < -0.3 is 9.84 Å². The number of phenolic OH excluding ortho intramolecular Hbond substituents is 1. The third kappa shape index (κ3) is 2.12. The van der Waals surface area contributed by atoms with Gasteiger partial charge in [-0.3, -0.25) is 4.79 Å². The molecule has 0 heterocycles. The Morgan fingerprint density at radius 1 is 1.26 bits per heavy atom. The van der Waals surface area contributed by atoms with Crippen molar-refractivity contribution in [2.24, 2.45) is 17.3 Å². The van der Waals surface area contributed by atoms with E-state index in [9.17, 15) is 9.90 Å². The summed E-state index contributed by atoms with van der Waals surface area (Å²) >= 11 is 0. The molecule has 4 rings (SSSR count). The molecule has 2 saturated carbocycles. The molecule has 0 amide bonds. The maximum absolute atomic E-state index is 12.4. The molecular weight excluding hydrogens is 288 g/mol. The molecular formula is C20H26O3. The molecule has 2 fully saturated rings. The third-order valence-corrected chi connectivity index (χ3v) is 6.81. The molecule has 3 aliphatic carbocycles. The Morgan fingerprint density at radius 3 is 2.87 bits per heavy atom. The lowest BCUT2D eigenvalue weighted by Crippen LogP contribution is -2.42. The normalized spacial score (nSPS) is 35.4. The first-order valence-electron chi connectivity index (χ1n) is 9.06. The topological polar surface area (TPSA) is 46.5 Å². The van der Waals surface area contributed by atoms with E-state index in [-0.39, 0.29) is 11.2 Å². The standard InChI is InChI=1S/C20H26O3/c1-3-23-18-11-15-12(10-17(18)21)4-5-14-13(15)8-9-20(2)16(14)6-7-19(20)22/h10-11,13-14,16,21H,3-9H2,1-2H3/t13-,14+,16-,20-/m0/s1. The van der Waals surface area contributed by atoms with Gasteiger partial charge in [0.05, 0.1) is 6.61 Å². The Hall–Kier alpha value is -1.51. The first kappa shape index (κ1) is 15.0. The highest BCUT2D eigenvalue weighted by atomic mass is 16.5. The number of carbonyl (C=O) groups is 1. The van der Waals surface area contributed by atoms with E-state index in [4.69, 9.17) is 4.74 Å². The highest BCUT2D eigenvalue weighted by molar-refractivity contribution is 5.87. The fraction of sp³-hybridized carbons (Fsp3) is 0.650. The fourth-order valence-electron chi connectivity index (χ4n) is 5.63. The van der Waals surface area contributed by atoms with Gasteiger partial charge in [-0.25, -0.2) is 0 Å². The Labute approximate surface area is 138 Å². The number of phenols is 1. The molecule has 3 nitrogen and oxygen atoms in total. The van der Waals surface area contributed by atoms with E-state index < -0.39 is 0 Å². The molecule has 0 saturated heterocycles. The Bertz CT molecular complexity index is 651. The van der Waals surface area contributed by atoms with E-state index in [1.165, 1.54) is 11.1 Å². The van der Waals surface area contributed by atoms with Crippen molar-refractivity contribution in [1.82, 2.24) is 0 Å². The molecule has 0 radical (unpaired) electrons. The Morgan fingerprint density at radius 2 is 2.09 bits per heavy atom. The van der Waals surface area contributed by atoms with Crippen LogP contribution in [0.3, 0.4) is 0 Å². The molecule has 23 heavy (non-hydrogen) atoms. The van der Waals surface area contributed by atoms with Crippen LogP contribution in [0.5, 0.6) is 11.5 Å². The molecule has 1 N–H and O–H groups in total. The number of ketones is 1. The van der Waals surface area contributed by atoms with Crippen molar-refractivity contribution in [1.29, 1.82) is 0 Å². The zero-order valence-electron chi connectivity index (χ0n) is 14.1. The lowest BCUT2D eigenvalue weighted by atomic mass is 9.55. The molecule has 3 aliphatic rings. The number of benzene rings is 1. The van der Waals surface area contributed by atoms with Crippen LogP contribution >= 0.6 is 0 Å². The van der Waals surface area contributed by atoms with E-state index in [1.807, 2.05) is 13.0 Å². The molecule has 0 unspecified atom stereocenters. The number of fused-ring (bicyclic) bond motifs is 5. The van der Waals surface area contributed by atoms with Crippen LogP contribution in [0.15, 0.2) is 12.1 Å². The first-order valence-corrected chi connectivity index (χ1v) is 9.06. The van der Waals surface area contributed by atoms with Crippen LogP contribution in [-0.4, -0.2) is 17.5 Å². The summed E-state index contributed by atoms with van der Waals surface area (Å²) in [5.41, 5.74) is 2.57. The van der Waals surface area contributed by atoms with Gasteiger partial charge in [-0.05, 0) is 80.0 Å². The number of carbonyl (C=O) groups excluding carboxylic acids is 1. The fourth-order valence-corrected chi connectivity index (χ4v) is 5.63. The summed E-state index contributed by atoms with van der Waals surface area (Å²) in [5, 5.41) is 10.1. The molecule has 3 heteroatoms. The largest absolute Gasteiger partial charge is 0.504 e. The molecule has 0 spiro atoms. The summed E-state index contributed by atoms with van der Waals surface area (Å²) in [6, 6.07) is 3.98. The minimum atomic E-state index is -0.0711. The highest BCUT2D eigenvalue weighted by Gasteiger charge is 2.54. The zero-order valence-corrected chi connectivity index (χ0v) is 14.1. The maximum atomic E-state index is 12.4. The number of ether oxygens (including phenoxy) is 1. The molecule has 124 valence electrons. The van der Waals surface area contributed by atoms with Crippen molar-refractivity contribution >= 4 is 5.78 Å². The number of rotatable bonds is 2. The lowest BCUT2D eigenvalue weighted by Gasteiger charge is -2.48. The van der Waals surface area contributed by atoms with Crippen molar-refractivity contribution in [3.63, 3.8) is 0 Å². The van der Waals surface area contributed by atoms with Crippen molar-refractivity contribution in [2.45, 2.75) is 58.3 Å². The number of aryl methyl sites for hydroxylation is 1. The molecule has 0 aliphatic heterocycles. The number of Topliss-reactive ketones (excluding diaryl/α,β-unsaturated/α-hetero) is 1. The van der Waals surface area contributed by atoms with Crippen molar-refractivity contribution < 1.29 is 14.6 Å². The summed E-state index contributed by atoms with van der Waals surface area (Å²) in [4.78, 5) is 12.4. The van der Waals surface area contributed by atoms with E-state index in [1.54, 1.807) is 0 Å². The van der Waals surface area contributed by atoms with Gasteiger partial charge >= 0.3 is 0 Å². The monoisotopic (exact) mass is 314 g/mol. The quantitative estimate of drug-likeness (QED) is 0.889. The molecule has 4 atom stereocenters. The van der Waals surface area contributed by atoms with Crippen LogP contribution in [0.2, 0.25) is 0 Å². The third-order valence-electron chi connectivity index (χ3n) is 6.81. The molecule has 0 bridgehead atoms. The van der Waals surface area contributed by atoms with E-state index in [0.717, 1.165) is 38.5 Å². The average Bonchev–Trinajstić information content (AvgIpc) is 2.84. The van der Waals surface area contributed by atoms with Gasteiger partial charge in [-0.1, -0.05) is 6.92 Å². The van der Waals surface area contributed by atoms with E-state index >= 15 is 0 Å². The van der Waals surface area contributed by atoms with E-state index in [2.05, 4.69) is 13.0 Å². The summed E-state index contributed by atoms with van der Waals surface area (Å²) < 4.78 is 5.60. The van der Waals surface area contributed by atoms with Gasteiger partial charge in [0, 0.05) is 11.8 Å². The van der Waals surface area contributed by atoms with Crippen molar-refractivity contribution in [2.75, 3.05) is 6.61 Å². The van der Waals surface area contributed by atoms with Gasteiger partial charge in [0.25, 0.3) is 0 Å². The minimum absolute atomic E-state index is 0.0711.